The molecule has 1 aliphatic heterocycles. The number of carbonyl (C=O) groups is 2. The number of pyridine rings is 1. The number of likely N-dealkylation sites (tertiary alicyclic amines) is 1. The number of benzene rings is 2. The number of hydrogen-bond acceptors (Lipinski definition) is 5. The fourth-order valence-corrected chi connectivity index (χ4v) is 5.12. The monoisotopic (exact) mass is 498 g/mol. The Morgan fingerprint density at radius 2 is 1.68 bits per heavy atom. The molecule has 10 heteroatoms. The van der Waals surface area contributed by atoms with Gasteiger partial charge in [0.1, 0.15) is 0 Å². The molecule has 176 valence electrons. The lowest BCUT2D eigenvalue weighted by Gasteiger charge is -2.31. The van der Waals surface area contributed by atoms with E-state index in [0.717, 1.165) is 0 Å². The average molecular weight is 499 g/mol. The third-order valence-corrected chi connectivity index (χ3v) is 7.30. The minimum absolute atomic E-state index is 0.00277. The van der Waals surface area contributed by atoms with Crippen LogP contribution in [0.2, 0.25) is 5.02 Å². The number of halogens is 1. The Hall–Kier alpha value is -3.43. The van der Waals surface area contributed by atoms with Gasteiger partial charge in [-0.25, -0.2) is 8.42 Å². The van der Waals surface area contributed by atoms with Crippen LogP contribution >= 0.6 is 11.6 Å². The minimum atomic E-state index is -3.90. The highest BCUT2D eigenvalue weighted by Crippen LogP contribution is 2.26. The van der Waals surface area contributed by atoms with Gasteiger partial charge in [0.25, 0.3) is 15.9 Å². The number of para-hydroxylation sites is 1. The van der Waals surface area contributed by atoms with Gasteiger partial charge < -0.3 is 10.2 Å². The van der Waals surface area contributed by atoms with Crippen LogP contribution in [-0.4, -0.2) is 43.2 Å². The topological polar surface area (TPSA) is 108 Å². The number of amides is 2. The van der Waals surface area contributed by atoms with Gasteiger partial charge in [0.2, 0.25) is 5.91 Å². The number of piperidine rings is 1. The number of sulfonamides is 1. The smallest absolute Gasteiger partial charge is 0.262 e. The van der Waals surface area contributed by atoms with Crippen LogP contribution in [0.4, 0.5) is 11.4 Å². The average Bonchev–Trinajstić information content (AvgIpc) is 2.86. The summed E-state index contributed by atoms with van der Waals surface area (Å²) in [5, 5.41) is 3.09. The van der Waals surface area contributed by atoms with Crippen molar-refractivity contribution in [3.05, 3.63) is 83.6 Å². The number of carbonyl (C=O) groups excluding carboxylic acids is 2. The van der Waals surface area contributed by atoms with Crippen molar-refractivity contribution in [2.45, 2.75) is 17.7 Å². The van der Waals surface area contributed by atoms with Crippen molar-refractivity contribution in [2.24, 2.45) is 5.92 Å². The van der Waals surface area contributed by atoms with E-state index in [4.69, 9.17) is 11.6 Å². The molecule has 3 aromatic rings. The summed E-state index contributed by atoms with van der Waals surface area (Å²) < 4.78 is 28.0. The van der Waals surface area contributed by atoms with Gasteiger partial charge in [-0.05, 0) is 55.3 Å². The van der Waals surface area contributed by atoms with Crippen molar-refractivity contribution in [2.75, 3.05) is 23.1 Å². The maximum atomic E-state index is 12.8. The first kappa shape index (κ1) is 23.7. The van der Waals surface area contributed by atoms with Gasteiger partial charge in [-0.3, -0.25) is 19.3 Å². The maximum Gasteiger partial charge on any atom is 0.262 e. The zero-order chi connectivity index (χ0) is 24.1. The Balaban J connectivity index is 1.37. The summed E-state index contributed by atoms with van der Waals surface area (Å²) >= 11 is 6.06. The highest BCUT2D eigenvalue weighted by molar-refractivity contribution is 7.92. The largest absolute Gasteiger partial charge is 0.339 e. The third kappa shape index (κ3) is 5.55. The molecule has 2 amide bonds. The summed E-state index contributed by atoms with van der Waals surface area (Å²) in [7, 11) is -3.90. The summed E-state index contributed by atoms with van der Waals surface area (Å²) in [6, 6.07) is 15.9. The SMILES string of the molecule is O=C(Nc1cccc(S(=O)(=O)Nc2ccccc2Cl)c1)C1CCN(C(=O)c2ccncc2)CC1. The fourth-order valence-electron chi connectivity index (χ4n) is 3.75. The van der Waals surface area contributed by atoms with E-state index in [2.05, 4.69) is 15.0 Å². The van der Waals surface area contributed by atoms with E-state index in [1.54, 1.807) is 65.8 Å². The Kier molecular flexibility index (Phi) is 7.14. The van der Waals surface area contributed by atoms with E-state index in [1.807, 2.05) is 0 Å². The molecule has 34 heavy (non-hydrogen) atoms. The molecule has 1 saturated heterocycles. The molecular weight excluding hydrogens is 476 g/mol. The molecule has 0 saturated carbocycles. The molecule has 0 atom stereocenters. The van der Waals surface area contributed by atoms with E-state index < -0.39 is 10.0 Å². The predicted molar refractivity (Wildman–Crippen MR) is 130 cm³/mol. The van der Waals surface area contributed by atoms with Crippen LogP contribution in [0.15, 0.2) is 78.0 Å². The van der Waals surface area contributed by atoms with Gasteiger partial charge in [-0.1, -0.05) is 29.8 Å². The molecule has 0 bridgehead atoms. The standard InChI is InChI=1S/C24H23ClN4O4S/c25-21-6-1-2-7-22(21)28-34(32,33)20-5-3-4-19(16-20)27-23(30)17-10-14-29(15-11-17)24(31)18-8-12-26-13-9-18/h1-9,12-13,16-17,28H,10-11,14-15H2,(H,27,30). The molecule has 0 aliphatic carbocycles. The van der Waals surface area contributed by atoms with E-state index in [0.29, 0.717) is 37.2 Å². The molecule has 2 N–H and O–H groups in total. The molecular formula is C24H23ClN4O4S. The van der Waals surface area contributed by atoms with Crippen LogP contribution in [0.3, 0.4) is 0 Å². The number of anilines is 2. The first-order valence-electron chi connectivity index (χ1n) is 10.7. The van der Waals surface area contributed by atoms with Crippen molar-refractivity contribution in [3.8, 4) is 0 Å². The Morgan fingerprint density at radius 3 is 2.38 bits per heavy atom. The van der Waals surface area contributed by atoms with Crippen LogP contribution in [0, 0.1) is 5.92 Å². The lowest BCUT2D eigenvalue weighted by molar-refractivity contribution is -0.121. The minimum Gasteiger partial charge on any atom is -0.339 e. The second-order valence-electron chi connectivity index (χ2n) is 7.90. The first-order valence-corrected chi connectivity index (χ1v) is 12.6. The lowest BCUT2D eigenvalue weighted by Crippen LogP contribution is -2.41. The Morgan fingerprint density at radius 1 is 0.971 bits per heavy atom. The highest BCUT2D eigenvalue weighted by Gasteiger charge is 2.28. The Labute approximate surface area is 203 Å². The second kappa shape index (κ2) is 10.2. The summed E-state index contributed by atoms with van der Waals surface area (Å²) in [6.45, 7) is 0.935. The molecule has 0 spiro atoms. The van der Waals surface area contributed by atoms with E-state index in [9.17, 15) is 18.0 Å². The van der Waals surface area contributed by atoms with Crippen LogP contribution in [0.1, 0.15) is 23.2 Å². The molecule has 2 heterocycles. The van der Waals surface area contributed by atoms with Crippen molar-refractivity contribution in [1.82, 2.24) is 9.88 Å². The summed E-state index contributed by atoms with van der Waals surface area (Å²) in [5.74, 6) is -0.558. The fraction of sp³-hybridized carbons (Fsp3) is 0.208. The van der Waals surface area contributed by atoms with Gasteiger partial charge >= 0.3 is 0 Å². The van der Waals surface area contributed by atoms with Crippen LogP contribution in [-0.2, 0) is 14.8 Å². The van der Waals surface area contributed by atoms with Gasteiger partial charge in [0, 0.05) is 42.7 Å². The van der Waals surface area contributed by atoms with Gasteiger partial charge in [-0.2, -0.15) is 0 Å². The van der Waals surface area contributed by atoms with Crippen molar-refractivity contribution < 1.29 is 18.0 Å². The molecule has 1 fully saturated rings. The number of rotatable bonds is 6. The number of nitrogens with zero attached hydrogens (tertiary/aromatic N) is 2. The molecule has 4 rings (SSSR count). The molecule has 8 nitrogen and oxygen atoms in total. The van der Waals surface area contributed by atoms with Crippen molar-refractivity contribution >= 4 is 44.8 Å². The zero-order valence-electron chi connectivity index (χ0n) is 18.1. The van der Waals surface area contributed by atoms with Crippen LogP contribution in [0.5, 0.6) is 0 Å². The normalized spacial score (nSPS) is 14.4. The molecule has 0 unspecified atom stereocenters. The van der Waals surface area contributed by atoms with E-state index >= 15 is 0 Å². The van der Waals surface area contributed by atoms with Gasteiger partial charge in [-0.15, -0.1) is 0 Å². The molecule has 0 radical (unpaired) electrons. The third-order valence-electron chi connectivity index (χ3n) is 5.61. The maximum absolute atomic E-state index is 12.8. The number of aromatic nitrogens is 1. The zero-order valence-corrected chi connectivity index (χ0v) is 19.7. The summed E-state index contributed by atoms with van der Waals surface area (Å²) in [4.78, 5) is 31.0. The summed E-state index contributed by atoms with van der Waals surface area (Å²) in [6.07, 6.45) is 4.20. The molecule has 1 aromatic heterocycles. The Bertz CT molecular complexity index is 1290. The number of hydrogen-bond donors (Lipinski definition) is 2. The lowest BCUT2D eigenvalue weighted by atomic mass is 9.95. The van der Waals surface area contributed by atoms with Crippen LogP contribution in [0.25, 0.3) is 0 Å². The van der Waals surface area contributed by atoms with E-state index in [-0.39, 0.29) is 33.3 Å². The summed E-state index contributed by atoms with van der Waals surface area (Å²) in [5.41, 5.74) is 1.22. The van der Waals surface area contributed by atoms with Crippen molar-refractivity contribution in [3.63, 3.8) is 0 Å². The van der Waals surface area contributed by atoms with Crippen molar-refractivity contribution in [1.29, 1.82) is 0 Å². The quantitative estimate of drug-likeness (QED) is 0.533. The molecule has 2 aromatic carbocycles. The molecule has 1 aliphatic rings. The van der Waals surface area contributed by atoms with Crippen LogP contribution < -0.4 is 10.0 Å². The van der Waals surface area contributed by atoms with Gasteiger partial charge in [0.15, 0.2) is 0 Å². The number of nitrogens with one attached hydrogen (secondary N) is 2. The first-order chi connectivity index (χ1) is 16.3. The predicted octanol–water partition coefficient (Wildman–Crippen LogP) is 4.03. The highest BCUT2D eigenvalue weighted by atomic mass is 35.5. The van der Waals surface area contributed by atoms with E-state index in [1.165, 1.54) is 12.1 Å². The van der Waals surface area contributed by atoms with Gasteiger partial charge in [0.05, 0.1) is 15.6 Å². The second-order valence-corrected chi connectivity index (χ2v) is 9.99.